The van der Waals surface area contributed by atoms with Crippen LogP contribution < -0.4 is 0 Å². The largest absolute Gasteiger partial charge is 0.478 e. The molecule has 2 atom stereocenters. The van der Waals surface area contributed by atoms with Gasteiger partial charge in [0.2, 0.25) is 0 Å². The lowest BCUT2D eigenvalue weighted by atomic mass is 10.0. The maximum atomic E-state index is 14.0. The molecule has 0 aliphatic carbocycles. The van der Waals surface area contributed by atoms with Gasteiger partial charge in [-0.05, 0) is 29.5 Å². The first kappa shape index (κ1) is 14.7. The molecule has 0 bridgehead atoms. The van der Waals surface area contributed by atoms with Gasteiger partial charge in [0, 0.05) is 31.3 Å². The molecule has 1 fully saturated rings. The number of carbonyl (C=O) groups is 1. The number of hydrogen-bond acceptors (Lipinski definition) is 2. The van der Waals surface area contributed by atoms with Gasteiger partial charge < -0.3 is 5.11 Å². The molecule has 4 heteroatoms. The van der Waals surface area contributed by atoms with Crippen LogP contribution in [0.1, 0.15) is 25.0 Å². The predicted molar refractivity (Wildman–Crippen MR) is 76.7 cm³/mol. The Morgan fingerprint density at radius 2 is 2.05 bits per heavy atom. The number of carboxylic acids is 1. The highest BCUT2D eigenvalue weighted by molar-refractivity contribution is 5.85. The fraction of sp³-hybridized carbons (Fsp3) is 0.438. The monoisotopic (exact) mass is 277 g/mol. The molecular formula is C16H20FNO2. The van der Waals surface area contributed by atoms with Crippen LogP contribution in [0.4, 0.5) is 4.39 Å². The Labute approximate surface area is 118 Å². The highest BCUT2D eigenvalue weighted by Gasteiger charge is 2.26. The Hall–Kier alpha value is -1.68. The first-order valence-corrected chi connectivity index (χ1v) is 6.87. The minimum absolute atomic E-state index is 0.273. The van der Waals surface area contributed by atoms with E-state index in [4.69, 9.17) is 5.11 Å². The molecule has 1 aliphatic rings. The van der Waals surface area contributed by atoms with E-state index in [9.17, 15) is 9.18 Å². The molecule has 0 aromatic heterocycles. The highest BCUT2D eigenvalue weighted by Crippen LogP contribution is 2.24. The molecule has 0 spiro atoms. The molecule has 1 saturated heterocycles. The van der Waals surface area contributed by atoms with Crippen LogP contribution >= 0.6 is 0 Å². The van der Waals surface area contributed by atoms with E-state index in [1.807, 2.05) is 0 Å². The van der Waals surface area contributed by atoms with Gasteiger partial charge in [0.15, 0.2) is 0 Å². The van der Waals surface area contributed by atoms with Gasteiger partial charge in [0.05, 0.1) is 0 Å². The number of benzene rings is 1. The second-order valence-corrected chi connectivity index (χ2v) is 5.67. The van der Waals surface area contributed by atoms with Crippen LogP contribution in [0.3, 0.4) is 0 Å². The van der Waals surface area contributed by atoms with Crippen LogP contribution in [0.2, 0.25) is 0 Å². The SMILES string of the molecule is CC1CN(Cc2ccc(C=CC(=O)O)cc2F)CC1C. The molecule has 0 radical (unpaired) electrons. The summed E-state index contributed by atoms with van der Waals surface area (Å²) in [4.78, 5) is 12.7. The van der Waals surface area contributed by atoms with E-state index in [0.717, 1.165) is 19.2 Å². The van der Waals surface area contributed by atoms with Crippen molar-refractivity contribution in [3.8, 4) is 0 Å². The zero-order valence-corrected chi connectivity index (χ0v) is 11.8. The number of hydrogen-bond donors (Lipinski definition) is 1. The van der Waals surface area contributed by atoms with Gasteiger partial charge in [-0.25, -0.2) is 9.18 Å². The minimum atomic E-state index is -1.03. The fourth-order valence-corrected chi connectivity index (χ4v) is 2.58. The third kappa shape index (κ3) is 3.67. The van der Waals surface area contributed by atoms with Gasteiger partial charge in [-0.1, -0.05) is 26.0 Å². The van der Waals surface area contributed by atoms with Crippen molar-refractivity contribution in [2.24, 2.45) is 11.8 Å². The number of likely N-dealkylation sites (tertiary alicyclic amines) is 1. The van der Waals surface area contributed by atoms with E-state index in [1.165, 1.54) is 12.1 Å². The molecule has 0 amide bonds. The highest BCUT2D eigenvalue weighted by atomic mass is 19.1. The molecule has 1 aliphatic heterocycles. The zero-order chi connectivity index (χ0) is 14.7. The topological polar surface area (TPSA) is 40.5 Å². The quantitative estimate of drug-likeness (QED) is 0.860. The van der Waals surface area contributed by atoms with Gasteiger partial charge in [0.1, 0.15) is 5.82 Å². The number of carboxylic acid groups (broad SMARTS) is 1. The molecule has 1 aromatic rings. The molecule has 2 rings (SSSR count). The lowest BCUT2D eigenvalue weighted by Crippen LogP contribution is -2.20. The molecule has 1 aromatic carbocycles. The van der Waals surface area contributed by atoms with E-state index < -0.39 is 5.97 Å². The number of halogens is 1. The summed E-state index contributed by atoms with van der Waals surface area (Å²) in [6, 6.07) is 4.88. The summed E-state index contributed by atoms with van der Waals surface area (Å²) in [6.07, 6.45) is 2.41. The summed E-state index contributed by atoms with van der Waals surface area (Å²) < 4.78 is 14.0. The van der Waals surface area contributed by atoms with Crippen LogP contribution in [-0.2, 0) is 11.3 Å². The average Bonchev–Trinajstić information content (AvgIpc) is 2.69. The lowest BCUT2D eigenvalue weighted by molar-refractivity contribution is -0.131. The maximum Gasteiger partial charge on any atom is 0.328 e. The molecule has 108 valence electrons. The lowest BCUT2D eigenvalue weighted by Gasteiger charge is -2.16. The number of rotatable bonds is 4. The van der Waals surface area contributed by atoms with Crippen molar-refractivity contribution in [3.63, 3.8) is 0 Å². The Morgan fingerprint density at radius 1 is 1.40 bits per heavy atom. The first-order valence-electron chi connectivity index (χ1n) is 6.87. The van der Waals surface area contributed by atoms with Crippen molar-refractivity contribution < 1.29 is 14.3 Å². The Kier molecular flexibility index (Phi) is 4.55. The van der Waals surface area contributed by atoms with Gasteiger partial charge in [-0.15, -0.1) is 0 Å². The van der Waals surface area contributed by atoms with Gasteiger partial charge >= 0.3 is 5.97 Å². The predicted octanol–water partition coefficient (Wildman–Crippen LogP) is 3.01. The van der Waals surface area contributed by atoms with Gasteiger partial charge in [0.25, 0.3) is 0 Å². The van der Waals surface area contributed by atoms with E-state index in [0.29, 0.717) is 29.5 Å². The third-order valence-corrected chi connectivity index (χ3v) is 3.95. The van der Waals surface area contributed by atoms with Crippen LogP contribution in [0.15, 0.2) is 24.3 Å². The van der Waals surface area contributed by atoms with Crippen LogP contribution in [-0.4, -0.2) is 29.1 Å². The first-order chi connectivity index (χ1) is 9.45. The molecule has 3 nitrogen and oxygen atoms in total. The van der Waals surface area contributed by atoms with Crippen molar-refractivity contribution in [1.82, 2.24) is 4.90 Å². The summed E-state index contributed by atoms with van der Waals surface area (Å²) in [7, 11) is 0. The van der Waals surface area contributed by atoms with Crippen LogP contribution in [0.25, 0.3) is 6.08 Å². The Bertz CT molecular complexity index is 517. The second-order valence-electron chi connectivity index (χ2n) is 5.67. The number of aliphatic carboxylic acids is 1. The Balaban J connectivity index is 2.05. The smallest absolute Gasteiger partial charge is 0.328 e. The third-order valence-electron chi connectivity index (χ3n) is 3.95. The minimum Gasteiger partial charge on any atom is -0.478 e. The fourth-order valence-electron chi connectivity index (χ4n) is 2.58. The normalized spacial score (nSPS) is 23.6. The molecule has 1 heterocycles. The van der Waals surface area contributed by atoms with E-state index in [2.05, 4.69) is 18.7 Å². The van der Waals surface area contributed by atoms with Crippen molar-refractivity contribution in [1.29, 1.82) is 0 Å². The summed E-state index contributed by atoms with van der Waals surface area (Å²) in [5, 5.41) is 8.55. The van der Waals surface area contributed by atoms with E-state index >= 15 is 0 Å². The molecule has 20 heavy (non-hydrogen) atoms. The molecule has 2 unspecified atom stereocenters. The second kappa shape index (κ2) is 6.18. The van der Waals surface area contributed by atoms with Gasteiger partial charge in [-0.2, -0.15) is 0 Å². The Morgan fingerprint density at radius 3 is 2.60 bits per heavy atom. The van der Waals surface area contributed by atoms with Crippen molar-refractivity contribution in [3.05, 3.63) is 41.2 Å². The maximum absolute atomic E-state index is 14.0. The van der Waals surface area contributed by atoms with E-state index in [-0.39, 0.29) is 5.82 Å². The van der Waals surface area contributed by atoms with Crippen LogP contribution in [0.5, 0.6) is 0 Å². The van der Waals surface area contributed by atoms with Crippen LogP contribution in [0, 0.1) is 17.7 Å². The molecule has 0 saturated carbocycles. The summed E-state index contributed by atoms with van der Waals surface area (Å²) in [5.41, 5.74) is 1.23. The standard InChI is InChI=1S/C16H20FNO2/c1-11-8-18(9-12(11)2)10-14-5-3-13(7-15(14)17)4-6-16(19)20/h3-7,11-12H,8-10H2,1-2H3,(H,19,20). The molecule has 1 N–H and O–H groups in total. The summed E-state index contributed by atoms with van der Waals surface area (Å²) in [5.74, 6) is -0.00839. The van der Waals surface area contributed by atoms with Crippen molar-refractivity contribution in [2.45, 2.75) is 20.4 Å². The van der Waals surface area contributed by atoms with Crippen molar-refractivity contribution >= 4 is 12.0 Å². The summed E-state index contributed by atoms with van der Waals surface area (Å²) >= 11 is 0. The van der Waals surface area contributed by atoms with Crippen molar-refractivity contribution in [2.75, 3.05) is 13.1 Å². The summed E-state index contributed by atoms with van der Waals surface area (Å²) in [6.45, 7) is 7.06. The zero-order valence-electron chi connectivity index (χ0n) is 11.8. The van der Waals surface area contributed by atoms with E-state index in [1.54, 1.807) is 12.1 Å². The number of nitrogens with zero attached hydrogens (tertiary/aromatic N) is 1. The van der Waals surface area contributed by atoms with Gasteiger partial charge in [-0.3, -0.25) is 4.90 Å². The average molecular weight is 277 g/mol. The molecular weight excluding hydrogens is 257 g/mol.